The molecule has 1 atom stereocenters. The Labute approximate surface area is 191 Å². The van der Waals surface area contributed by atoms with Crippen LogP contribution in [0.5, 0.6) is 0 Å². The number of nitrogens with one attached hydrogen (secondary N) is 1. The van der Waals surface area contributed by atoms with Crippen molar-refractivity contribution in [1.82, 2.24) is 10.2 Å². The number of carbonyl (C=O) groups is 3. The number of benzene rings is 2. The van der Waals surface area contributed by atoms with E-state index < -0.39 is 30.6 Å². The summed E-state index contributed by atoms with van der Waals surface area (Å²) in [5.41, 5.74) is 4.42. The molecule has 0 bridgehead atoms. The third-order valence-electron chi connectivity index (χ3n) is 5.48. The molecule has 1 unspecified atom stereocenters. The molecule has 0 spiro atoms. The van der Waals surface area contributed by atoms with E-state index in [1.54, 1.807) is 0 Å². The summed E-state index contributed by atoms with van der Waals surface area (Å²) in [6.45, 7) is -0.290. The summed E-state index contributed by atoms with van der Waals surface area (Å²) in [5, 5.41) is 21.5. The lowest BCUT2D eigenvalue weighted by Crippen LogP contribution is -2.41. The van der Waals surface area contributed by atoms with Crippen molar-refractivity contribution in [3.63, 3.8) is 0 Å². The molecule has 0 saturated carbocycles. The third kappa shape index (κ3) is 6.30. The number of carboxylic acids is 1. The van der Waals surface area contributed by atoms with Gasteiger partial charge < -0.3 is 29.9 Å². The van der Waals surface area contributed by atoms with Crippen LogP contribution < -0.4 is 5.32 Å². The number of rotatable bonds is 11. The molecule has 2 aromatic rings. The topological polar surface area (TPSA) is 125 Å². The molecule has 0 radical (unpaired) electrons. The normalized spacial score (nSPS) is 13.0. The predicted octanol–water partition coefficient (Wildman–Crippen LogP) is 1.84. The first kappa shape index (κ1) is 24.2. The number of alkyl carbamates (subject to hydrolysis) is 1. The number of carbonyl (C=O) groups excluding carboxylic acids is 2. The van der Waals surface area contributed by atoms with Gasteiger partial charge in [0, 0.05) is 26.1 Å². The van der Waals surface area contributed by atoms with E-state index in [2.05, 4.69) is 5.32 Å². The monoisotopic (exact) mass is 456 g/mol. The summed E-state index contributed by atoms with van der Waals surface area (Å²) in [4.78, 5) is 36.5. The lowest BCUT2D eigenvalue weighted by Gasteiger charge is -2.22. The van der Waals surface area contributed by atoms with E-state index in [0.29, 0.717) is 0 Å². The maximum absolute atomic E-state index is 12.3. The fourth-order valence-electron chi connectivity index (χ4n) is 3.91. The summed E-state index contributed by atoms with van der Waals surface area (Å²) in [6, 6.07) is 16.0. The summed E-state index contributed by atoms with van der Waals surface area (Å²) < 4.78 is 10.3. The van der Waals surface area contributed by atoms with Crippen molar-refractivity contribution < 1.29 is 34.1 Å². The average molecular weight is 456 g/mol. The molecular weight excluding hydrogens is 428 g/mol. The number of hydrogen-bond acceptors (Lipinski definition) is 6. The maximum Gasteiger partial charge on any atom is 0.407 e. The molecule has 0 aromatic heterocycles. The number of aliphatic hydroxyl groups excluding tert-OH is 1. The van der Waals surface area contributed by atoms with Crippen molar-refractivity contribution in [3.05, 3.63) is 59.7 Å². The van der Waals surface area contributed by atoms with Gasteiger partial charge >= 0.3 is 12.1 Å². The van der Waals surface area contributed by atoms with Gasteiger partial charge in [-0.2, -0.15) is 0 Å². The van der Waals surface area contributed by atoms with Gasteiger partial charge in [-0.05, 0) is 22.3 Å². The van der Waals surface area contributed by atoms with Crippen LogP contribution in [0.2, 0.25) is 0 Å². The Balaban J connectivity index is 1.49. The largest absolute Gasteiger partial charge is 0.480 e. The Kier molecular flexibility index (Phi) is 8.39. The van der Waals surface area contributed by atoms with E-state index >= 15 is 0 Å². The van der Waals surface area contributed by atoms with Gasteiger partial charge in [0.1, 0.15) is 13.2 Å². The van der Waals surface area contributed by atoms with Crippen LogP contribution >= 0.6 is 0 Å². The van der Waals surface area contributed by atoms with E-state index in [4.69, 9.17) is 14.6 Å². The van der Waals surface area contributed by atoms with E-state index in [1.807, 2.05) is 48.5 Å². The van der Waals surface area contributed by atoms with Crippen molar-refractivity contribution in [2.45, 2.75) is 18.4 Å². The van der Waals surface area contributed by atoms with Crippen LogP contribution in [-0.2, 0) is 19.1 Å². The molecule has 9 heteroatoms. The zero-order valence-corrected chi connectivity index (χ0v) is 18.4. The smallest absolute Gasteiger partial charge is 0.407 e. The number of methoxy groups -OCH3 is 1. The van der Waals surface area contributed by atoms with Crippen molar-refractivity contribution in [2.24, 2.45) is 0 Å². The fraction of sp³-hybridized carbons (Fsp3) is 0.375. The standard InChI is InChI=1S/C24H28N2O7/c1-32-11-10-26(14-23(29)30)22(28)12-16(27)13-25-24(31)33-15-21-19-8-4-2-6-17(19)18-7-3-5-9-20(18)21/h2-9,16,21,27H,10-15H2,1H3,(H,25,31)(H,29,30). The van der Waals surface area contributed by atoms with E-state index in [1.165, 1.54) is 7.11 Å². The number of nitrogens with zero attached hydrogens (tertiary/aromatic N) is 1. The number of amides is 2. The van der Waals surface area contributed by atoms with E-state index in [0.717, 1.165) is 27.2 Å². The first-order valence-corrected chi connectivity index (χ1v) is 10.7. The molecule has 1 aliphatic rings. The number of fused-ring (bicyclic) bond motifs is 3. The van der Waals surface area contributed by atoms with Gasteiger partial charge in [-0.15, -0.1) is 0 Å². The minimum Gasteiger partial charge on any atom is -0.480 e. The van der Waals surface area contributed by atoms with Gasteiger partial charge in [0.05, 0.1) is 19.1 Å². The summed E-state index contributed by atoms with van der Waals surface area (Å²) in [5.74, 6) is -1.79. The molecule has 176 valence electrons. The van der Waals surface area contributed by atoms with Crippen LogP contribution in [0, 0.1) is 0 Å². The van der Waals surface area contributed by atoms with E-state index in [-0.39, 0.29) is 38.6 Å². The Morgan fingerprint density at radius 1 is 1.06 bits per heavy atom. The van der Waals surface area contributed by atoms with Crippen LogP contribution in [0.15, 0.2) is 48.5 Å². The Bertz CT molecular complexity index is 949. The zero-order chi connectivity index (χ0) is 23.8. The Morgan fingerprint density at radius 3 is 2.24 bits per heavy atom. The predicted molar refractivity (Wildman–Crippen MR) is 120 cm³/mol. The van der Waals surface area contributed by atoms with Gasteiger partial charge in [0.2, 0.25) is 5.91 Å². The molecule has 0 aliphatic heterocycles. The average Bonchev–Trinajstić information content (AvgIpc) is 3.12. The molecule has 0 fully saturated rings. The minimum atomic E-state index is -1.18. The first-order valence-electron chi connectivity index (χ1n) is 10.7. The molecule has 0 heterocycles. The summed E-state index contributed by atoms with van der Waals surface area (Å²) in [7, 11) is 1.44. The lowest BCUT2D eigenvalue weighted by molar-refractivity contribution is -0.145. The number of carboxylic acid groups (broad SMARTS) is 1. The fourth-order valence-corrected chi connectivity index (χ4v) is 3.91. The van der Waals surface area contributed by atoms with Gasteiger partial charge in [-0.3, -0.25) is 9.59 Å². The lowest BCUT2D eigenvalue weighted by atomic mass is 9.98. The highest BCUT2D eigenvalue weighted by atomic mass is 16.5. The van der Waals surface area contributed by atoms with Gasteiger partial charge in [0.25, 0.3) is 0 Å². The molecule has 3 rings (SSSR count). The highest BCUT2D eigenvalue weighted by Crippen LogP contribution is 2.44. The highest BCUT2D eigenvalue weighted by molar-refractivity contribution is 5.82. The molecule has 33 heavy (non-hydrogen) atoms. The third-order valence-corrected chi connectivity index (χ3v) is 5.48. The van der Waals surface area contributed by atoms with Crippen LogP contribution in [-0.4, -0.2) is 79.1 Å². The van der Waals surface area contributed by atoms with Crippen molar-refractivity contribution in [3.8, 4) is 11.1 Å². The van der Waals surface area contributed by atoms with Crippen LogP contribution in [0.25, 0.3) is 11.1 Å². The van der Waals surface area contributed by atoms with Gasteiger partial charge in [-0.25, -0.2) is 4.79 Å². The molecule has 2 amide bonds. The first-order chi connectivity index (χ1) is 15.9. The van der Waals surface area contributed by atoms with Crippen molar-refractivity contribution in [1.29, 1.82) is 0 Å². The highest BCUT2D eigenvalue weighted by Gasteiger charge is 2.29. The van der Waals surface area contributed by atoms with Crippen molar-refractivity contribution in [2.75, 3.05) is 40.0 Å². The quantitative estimate of drug-likeness (QED) is 0.471. The summed E-state index contributed by atoms with van der Waals surface area (Å²) in [6.07, 6.45) is -2.22. The molecular formula is C24H28N2O7. The second-order valence-electron chi connectivity index (χ2n) is 7.77. The van der Waals surface area contributed by atoms with Crippen LogP contribution in [0.1, 0.15) is 23.5 Å². The SMILES string of the molecule is COCCN(CC(=O)O)C(=O)CC(O)CNC(=O)OCC1c2ccccc2-c2ccccc21. The molecule has 0 saturated heterocycles. The summed E-state index contributed by atoms with van der Waals surface area (Å²) >= 11 is 0. The molecule has 3 N–H and O–H groups in total. The minimum absolute atomic E-state index is 0.0833. The zero-order valence-electron chi connectivity index (χ0n) is 18.4. The Hall–Kier alpha value is -3.43. The van der Waals surface area contributed by atoms with Gasteiger partial charge in [0.15, 0.2) is 0 Å². The van der Waals surface area contributed by atoms with Crippen LogP contribution in [0.3, 0.4) is 0 Å². The Morgan fingerprint density at radius 2 is 1.67 bits per heavy atom. The van der Waals surface area contributed by atoms with E-state index in [9.17, 15) is 19.5 Å². The maximum atomic E-state index is 12.3. The van der Waals surface area contributed by atoms with Crippen LogP contribution in [0.4, 0.5) is 4.79 Å². The number of ether oxygens (including phenoxy) is 2. The number of aliphatic carboxylic acids is 1. The van der Waals surface area contributed by atoms with Gasteiger partial charge in [-0.1, -0.05) is 48.5 Å². The molecule has 1 aliphatic carbocycles. The van der Waals surface area contributed by atoms with Crippen molar-refractivity contribution >= 4 is 18.0 Å². The second kappa shape index (κ2) is 11.4. The molecule has 9 nitrogen and oxygen atoms in total. The molecule has 2 aromatic carbocycles. The second-order valence-corrected chi connectivity index (χ2v) is 7.77. The number of aliphatic hydroxyl groups is 1. The number of hydrogen-bond donors (Lipinski definition) is 3.